The molecule has 4 aromatic rings. The van der Waals surface area contributed by atoms with Crippen LogP contribution >= 0.6 is 0 Å². The summed E-state index contributed by atoms with van der Waals surface area (Å²) < 4.78 is 35.5. The summed E-state index contributed by atoms with van der Waals surface area (Å²) >= 11 is -0.599. The van der Waals surface area contributed by atoms with Crippen LogP contribution in [0.3, 0.4) is 0 Å². The Kier molecular flexibility index (Phi) is 26.2. The van der Waals surface area contributed by atoms with Crippen LogP contribution in [-0.4, -0.2) is 109 Å². The van der Waals surface area contributed by atoms with Crippen LogP contribution in [0.25, 0.3) is 0 Å². The summed E-state index contributed by atoms with van der Waals surface area (Å²) in [6, 6.07) is 23.3. The summed E-state index contributed by atoms with van der Waals surface area (Å²) in [5, 5.41) is 3.64. The van der Waals surface area contributed by atoms with Crippen LogP contribution in [-0.2, 0) is 14.3 Å². The van der Waals surface area contributed by atoms with E-state index in [-0.39, 0.29) is 36.1 Å². The summed E-state index contributed by atoms with van der Waals surface area (Å²) in [6.45, 7) is 71.3. The molecule has 0 unspecified atom stereocenters. The molecule has 1 aliphatic heterocycles. The van der Waals surface area contributed by atoms with Gasteiger partial charge in [-0.15, -0.1) is 0 Å². The van der Waals surface area contributed by atoms with E-state index in [1.807, 2.05) is 75.4 Å². The quantitative estimate of drug-likeness (QED) is 0.0398. The van der Waals surface area contributed by atoms with Crippen molar-refractivity contribution in [3.63, 3.8) is 0 Å². The molecule has 1 fully saturated rings. The Labute approximate surface area is 523 Å². The average Bonchev–Trinajstić information content (AvgIpc) is 2.60. The fraction of sp³-hybridized carbons (Fsp3) is 0.538. The fourth-order valence-corrected chi connectivity index (χ4v) is 44.9. The number of rotatable bonds is 20. The molecule has 1 saturated heterocycles. The first-order chi connectivity index (χ1) is 37.1. The van der Waals surface area contributed by atoms with Crippen molar-refractivity contribution >= 4 is 94.5 Å². The number of aryl methyl sites for hydroxylation is 4. The predicted molar refractivity (Wildman–Crippen MR) is 375 cm³/mol. The third kappa shape index (κ3) is 20.5. The minimum absolute atomic E-state index is 0. The van der Waals surface area contributed by atoms with Gasteiger partial charge in [-0.3, -0.25) is 9.69 Å². The normalized spacial score (nSPS) is 14.7. The topological polar surface area (TPSA) is 102 Å². The van der Waals surface area contributed by atoms with E-state index in [1.165, 1.54) is 0 Å². The molecule has 0 bridgehead atoms. The summed E-state index contributed by atoms with van der Waals surface area (Å²) in [7, 11) is -5.42. The van der Waals surface area contributed by atoms with Crippen molar-refractivity contribution in [3.05, 3.63) is 130 Å². The van der Waals surface area contributed by atoms with E-state index in [1.54, 1.807) is 26.0 Å². The summed E-state index contributed by atoms with van der Waals surface area (Å²) in [5.41, 5.74) is 8.72. The molecular weight excluding hydrogens is 1240 g/mol. The molecule has 0 spiro atoms. The van der Waals surface area contributed by atoms with Crippen molar-refractivity contribution < 1.29 is 32.7 Å². The molecule has 1 heterocycles. The van der Waals surface area contributed by atoms with Gasteiger partial charge in [0.05, 0.1) is 38.5 Å². The second-order valence-electron chi connectivity index (χ2n) is 29.1. The Morgan fingerprint density at radius 3 is 1.48 bits per heavy atom. The number of methoxy groups -OCH3 is 2. The number of anilines is 2. The van der Waals surface area contributed by atoms with E-state index in [9.17, 15) is 9.59 Å². The van der Waals surface area contributed by atoms with Gasteiger partial charge < -0.3 is 28.4 Å². The molecular formula is C65H112N4O7Si6Sn. The molecule has 0 saturated carbocycles. The number of ether oxygens (including phenoxy) is 3. The first-order valence-electron chi connectivity index (χ1n) is 29.0. The average molecular weight is 1350 g/mol. The Morgan fingerprint density at radius 2 is 1.06 bits per heavy atom. The standard InChI is InChI=1S/C27H39NO4Si.C25H33NO3Si.2C6H18NSi2.CH4.Sn/c1-11-31-26(29)20(4)25(28-22-14-18(2)15-23(17-22)30-8)21-13-12-19(3)24(16-21)32-33(9,10)27(5,6)7;1-16-12-20(15-21(13-16)28-7)26-23(18(3)24(26)27)19-11-10-17(2)22(14-19)29-30(8,9)25(4,5)6;2*1-8(2,3)7-9(4,5)6;;/h12-17,25,28H,4,11H2,1-3,5-10H3;10-15,23H,3H2,1-2,4-9H3;2*1-6H3;1H4;/q;;2*-1;;+2/t25-;23-;;;;/m11..../s1. The molecule has 1 amide bonds. The van der Waals surface area contributed by atoms with Crippen LogP contribution in [0.2, 0.25) is 115 Å². The minimum atomic E-state index is -2.04. The molecule has 2 radical (unpaired) electrons. The number of benzene rings is 4. The van der Waals surface area contributed by atoms with Gasteiger partial charge in [0, 0.05) is 29.1 Å². The van der Waals surface area contributed by atoms with Crippen LogP contribution in [0.1, 0.15) is 101 Å². The first kappa shape index (κ1) is 75.4. The van der Waals surface area contributed by atoms with Crippen LogP contribution in [0, 0.1) is 27.7 Å². The second kappa shape index (κ2) is 28.9. The van der Waals surface area contributed by atoms with Crippen molar-refractivity contribution in [3.8, 4) is 23.0 Å². The van der Waals surface area contributed by atoms with Crippen molar-refractivity contribution in [1.82, 2.24) is 4.91 Å². The summed E-state index contributed by atoms with van der Waals surface area (Å²) in [5.74, 6) is 2.73. The number of esters is 1. The molecule has 1 N–H and O–H groups in total. The third-order valence-corrected chi connectivity index (χ3v) is 64.3. The number of hydrogen-bond acceptors (Lipinski definition) is 10. The maximum absolute atomic E-state index is 12.7. The molecule has 18 heteroatoms. The van der Waals surface area contributed by atoms with Crippen molar-refractivity contribution in [1.29, 1.82) is 0 Å². The molecule has 2 atom stereocenters. The number of hydrogen-bond donors (Lipinski definition) is 1. The third-order valence-electron chi connectivity index (χ3n) is 15.4. The van der Waals surface area contributed by atoms with E-state index in [0.717, 1.165) is 67.8 Å². The number of amides is 1. The van der Waals surface area contributed by atoms with Gasteiger partial charge in [0.2, 0.25) is 16.6 Å². The van der Waals surface area contributed by atoms with Gasteiger partial charge in [-0.25, -0.2) is 4.79 Å². The number of nitrogens with one attached hydrogen (secondary N) is 1. The SMILES string of the molecule is C.C=C(C(=O)OCC)[C@@H](Nc1cc(C)cc(OC)c1)c1ccc(C)c(O[Si](C)(C)C(C)(C)C)c1.C=C1C(=O)N(c2cc(C)cc(OC)c2)[C@H]1c1ccc(C)c(O[Si](C)(C)C(C)(C)C)c1.C[Si](C)(C)[N]([Sn][N]([Si](C)(C)C)[Si](C)(C)C)[Si](C)(C)C. The molecule has 11 nitrogen and oxygen atoms in total. The second-order valence-corrected chi connectivity index (χ2v) is 66.8. The zero-order valence-electron chi connectivity index (χ0n) is 56.4. The van der Waals surface area contributed by atoms with Gasteiger partial charge in [0.15, 0.2) is 0 Å². The Bertz CT molecular complexity index is 2830. The fourth-order valence-electron chi connectivity index (χ4n) is 9.28. The van der Waals surface area contributed by atoms with Gasteiger partial charge in [-0.05, 0) is 141 Å². The van der Waals surface area contributed by atoms with Gasteiger partial charge >= 0.3 is 144 Å². The van der Waals surface area contributed by atoms with E-state index < -0.39 is 83.3 Å². The van der Waals surface area contributed by atoms with Crippen LogP contribution in [0.15, 0.2) is 97.1 Å². The molecule has 0 aromatic heterocycles. The van der Waals surface area contributed by atoms with Crippen molar-refractivity contribution in [2.75, 3.05) is 31.0 Å². The van der Waals surface area contributed by atoms with E-state index in [0.29, 0.717) is 11.1 Å². The van der Waals surface area contributed by atoms with Crippen LogP contribution < -0.4 is 28.5 Å². The van der Waals surface area contributed by atoms with Gasteiger partial charge in [-0.1, -0.05) is 86.4 Å². The van der Waals surface area contributed by atoms with Gasteiger partial charge in [-0.2, -0.15) is 0 Å². The molecule has 0 aliphatic carbocycles. The maximum atomic E-state index is 12.7. The monoisotopic (exact) mass is 1350 g/mol. The Balaban J connectivity index is 0.000000438. The first-order valence-corrected chi connectivity index (χ1v) is 51.2. The summed E-state index contributed by atoms with van der Waals surface area (Å²) in [4.78, 5) is 27.2. The number of β-lactam (4-membered cyclic amide) rings is 1. The Hall–Kier alpha value is -3.68. The van der Waals surface area contributed by atoms with E-state index >= 15 is 0 Å². The molecule has 1 aliphatic rings. The van der Waals surface area contributed by atoms with E-state index in [4.69, 9.17) is 23.1 Å². The summed E-state index contributed by atoms with van der Waals surface area (Å²) in [6.07, 6.45) is 0. The van der Waals surface area contributed by atoms with Gasteiger partial charge in [0.1, 0.15) is 23.0 Å². The van der Waals surface area contributed by atoms with Crippen LogP contribution in [0.4, 0.5) is 11.4 Å². The van der Waals surface area contributed by atoms with Crippen LogP contribution in [0.5, 0.6) is 23.0 Å². The molecule has 4 aromatic carbocycles. The number of carbonyl (C=O) groups excluding carboxylic acids is 2. The number of nitrogens with zero attached hydrogens (tertiary/aromatic N) is 3. The molecule has 83 heavy (non-hydrogen) atoms. The van der Waals surface area contributed by atoms with E-state index in [2.05, 4.69) is 195 Å². The van der Waals surface area contributed by atoms with Gasteiger partial charge in [0.25, 0.3) is 5.91 Å². The zero-order valence-corrected chi connectivity index (χ0v) is 65.3. The molecule has 5 rings (SSSR count). The predicted octanol–water partition coefficient (Wildman–Crippen LogP) is 18.4. The Morgan fingerprint density at radius 1 is 0.639 bits per heavy atom. The molecule has 462 valence electrons. The van der Waals surface area contributed by atoms with Crippen molar-refractivity contribution in [2.24, 2.45) is 0 Å². The zero-order chi connectivity index (χ0) is 63.3. The van der Waals surface area contributed by atoms with Crippen molar-refractivity contribution in [2.45, 2.75) is 211 Å². The number of carbonyl (C=O) groups is 2.